The first-order valence-corrected chi connectivity index (χ1v) is 7.28. The van der Waals surface area contributed by atoms with Crippen molar-refractivity contribution >= 4 is 5.82 Å². The fourth-order valence-electron chi connectivity index (χ4n) is 2.28. The molecule has 5 heteroatoms. The Labute approximate surface area is 115 Å². The molecule has 0 aromatic carbocycles. The molecule has 0 bridgehead atoms. The molecule has 5 nitrogen and oxygen atoms in total. The Kier molecular flexibility index (Phi) is 5.88. The van der Waals surface area contributed by atoms with E-state index in [1.54, 1.807) is 12.4 Å². The van der Waals surface area contributed by atoms with Gasteiger partial charge in [0.25, 0.3) is 0 Å². The summed E-state index contributed by atoms with van der Waals surface area (Å²) in [5.41, 5.74) is 0. The Bertz CT molecular complexity index is 366. The molecule has 2 N–H and O–H groups in total. The van der Waals surface area contributed by atoms with Crippen LogP contribution in [0.3, 0.4) is 0 Å². The lowest BCUT2D eigenvalue weighted by atomic mass is 9.96. The van der Waals surface area contributed by atoms with Crippen molar-refractivity contribution in [3.05, 3.63) is 12.4 Å². The molecule has 0 radical (unpaired) electrons. The van der Waals surface area contributed by atoms with Crippen molar-refractivity contribution < 1.29 is 4.74 Å². The van der Waals surface area contributed by atoms with Crippen LogP contribution >= 0.6 is 0 Å². The second kappa shape index (κ2) is 7.94. The number of nitrogens with one attached hydrogen (secondary N) is 2. The van der Waals surface area contributed by atoms with Crippen molar-refractivity contribution in [3.63, 3.8) is 0 Å². The number of anilines is 1. The molecule has 1 aliphatic rings. The standard InChI is InChI=1S/C14H24N4O/c1-2-8-19-14-11-16-10-13(18-14)17-7-5-12-4-3-6-15-9-12/h10-12,15H,2-9H2,1H3,(H,17,18). The summed E-state index contributed by atoms with van der Waals surface area (Å²) in [6.07, 6.45) is 8.19. The lowest BCUT2D eigenvalue weighted by Crippen LogP contribution is -2.30. The third kappa shape index (κ3) is 5.03. The molecule has 1 unspecified atom stereocenters. The Balaban J connectivity index is 1.72. The first kappa shape index (κ1) is 14.1. The largest absolute Gasteiger partial charge is 0.477 e. The summed E-state index contributed by atoms with van der Waals surface area (Å²) in [6, 6.07) is 0. The second-order valence-electron chi connectivity index (χ2n) is 5.02. The van der Waals surface area contributed by atoms with Crippen LogP contribution in [0.25, 0.3) is 0 Å². The van der Waals surface area contributed by atoms with E-state index in [0.717, 1.165) is 31.2 Å². The van der Waals surface area contributed by atoms with Crippen LogP contribution in [0.1, 0.15) is 32.6 Å². The number of piperidine rings is 1. The third-order valence-electron chi connectivity index (χ3n) is 3.32. The van der Waals surface area contributed by atoms with Gasteiger partial charge in [-0.1, -0.05) is 6.92 Å². The smallest absolute Gasteiger partial charge is 0.234 e. The third-order valence-corrected chi connectivity index (χ3v) is 3.32. The molecule has 2 heterocycles. The van der Waals surface area contributed by atoms with Crippen LogP contribution in [0, 0.1) is 5.92 Å². The van der Waals surface area contributed by atoms with E-state index in [1.165, 1.54) is 25.8 Å². The number of aromatic nitrogens is 2. The monoisotopic (exact) mass is 264 g/mol. The molecule has 0 amide bonds. The highest BCUT2D eigenvalue weighted by molar-refractivity contribution is 5.33. The molecule has 106 valence electrons. The summed E-state index contributed by atoms with van der Waals surface area (Å²) in [7, 11) is 0. The predicted molar refractivity (Wildman–Crippen MR) is 76.5 cm³/mol. The van der Waals surface area contributed by atoms with Crippen LogP contribution in [0.2, 0.25) is 0 Å². The van der Waals surface area contributed by atoms with Crippen LogP contribution in [0.5, 0.6) is 5.88 Å². The minimum absolute atomic E-state index is 0.603. The van der Waals surface area contributed by atoms with Crippen molar-refractivity contribution in [3.8, 4) is 5.88 Å². The molecule has 0 spiro atoms. The van der Waals surface area contributed by atoms with E-state index in [-0.39, 0.29) is 0 Å². The zero-order valence-corrected chi connectivity index (χ0v) is 11.7. The molecule has 1 aliphatic heterocycles. The molecule has 1 saturated heterocycles. The summed E-state index contributed by atoms with van der Waals surface area (Å²) in [5, 5.41) is 6.77. The molecule has 19 heavy (non-hydrogen) atoms. The van der Waals surface area contributed by atoms with Gasteiger partial charge in [0.15, 0.2) is 0 Å². The van der Waals surface area contributed by atoms with Crippen molar-refractivity contribution in [2.24, 2.45) is 5.92 Å². The van der Waals surface area contributed by atoms with Crippen molar-refractivity contribution in [1.29, 1.82) is 0 Å². The lowest BCUT2D eigenvalue weighted by Gasteiger charge is -2.22. The Morgan fingerprint density at radius 3 is 3.21 bits per heavy atom. The van der Waals surface area contributed by atoms with Gasteiger partial charge in [-0.25, -0.2) is 0 Å². The van der Waals surface area contributed by atoms with Crippen molar-refractivity contribution in [2.75, 3.05) is 31.6 Å². The maximum atomic E-state index is 5.47. The average molecular weight is 264 g/mol. The zero-order valence-electron chi connectivity index (χ0n) is 11.7. The van der Waals surface area contributed by atoms with E-state index in [4.69, 9.17) is 4.74 Å². The van der Waals surface area contributed by atoms with Crippen LogP contribution in [-0.4, -0.2) is 36.2 Å². The SMILES string of the molecule is CCCOc1cncc(NCCC2CCCNC2)n1. The van der Waals surface area contributed by atoms with Gasteiger partial charge < -0.3 is 15.4 Å². The Hall–Kier alpha value is -1.36. The average Bonchev–Trinajstić information content (AvgIpc) is 2.47. The topological polar surface area (TPSA) is 59.1 Å². The van der Waals surface area contributed by atoms with Crippen LogP contribution < -0.4 is 15.4 Å². The van der Waals surface area contributed by atoms with Crippen LogP contribution in [-0.2, 0) is 0 Å². The van der Waals surface area contributed by atoms with E-state index < -0.39 is 0 Å². The van der Waals surface area contributed by atoms with E-state index >= 15 is 0 Å². The molecule has 1 aromatic rings. The summed E-state index contributed by atoms with van der Waals surface area (Å²) < 4.78 is 5.47. The lowest BCUT2D eigenvalue weighted by molar-refractivity contribution is 0.304. The molecule has 0 saturated carbocycles. The molecule has 0 aliphatic carbocycles. The highest BCUT2D eigenvalue weighted by Gasteiger charge is 2.12. The van der Waals surface area contributed by atoms with Gasteiger partial charge in [0, 0.05) is 6.54 Å². The number of ether oxygens (including phenoxy) is 1. The first-order valence-electron chi connectivity index (χ1n) is 7.28. The normalized spacial score (nSPS) is 19.1. The van der Waals surface area contributed by atoms with Gasteiger partial charge in [0.05, 0.1) is 19.0 Å². The summed E-state index contributed by atoms with van der Waals surface area (Å²) in [6.45, 7) is 6.02. The highest BCUT2D eigenvalue weighted by Crippen LogP contribution is 2.14. The zero-order chi connectivity index (χ0) is 13.3. The van der Waals surface area contributed by atoms with Crippen molar-refractivity contribution in [1.82, 2.24) is 15.3 Å². The van der Waals surface area contributed by atoms with Gasteiger partial charge >= 0.3 is 0 Å². The quantitative estimate of drug-likeness (QED) is 0.789. The van der Waals surface area contributed by atoms with E-state index in [2.05, 4.69) is 27.5 Å². The summed E-state index contributed by atoms with van der Waals surface area (Å²) in [5.74, 6) is 2.19. The first-order chi connectivity index (χ1) is 9.38. The van der Waals surface area contributed by atoms with E-state index in [1.807, 2.05) is 0 Å². The molecular formula is C14H24N4O. The fourth-order valence-corrected chi connectivity index (χ4v) is 2.28. The molecule has 1 fully saturated rings. The number of hydrogen-bond acceptors (Lipinski definition) is 5. The minimum atomic E-state index is 0.603. The number of rotatable bonds is 7. The van der Waals surface area contributed by atoms with Gasteiger partial charge in [-0.05, 0) is 44.7 Å². The number of nitrogens with zero attached hydrogens (tertiary/aromatic N) is 2. The van der Waals surface area contributed by atoms with E-state index in [0.29, 0.717) is 12.5 Å². The fraction of sp³-hybridized carbons (Fsp3) is 0.714. The predicted octanol–water partition coefficient (Wildman–Crippen LogP) is 2.07. The van der Waals surface area contributed by atoms with Crippen LogP contribution in [0.15, 0.2) is 12.4 Å². The van der Waals surface area contributed by atoms with Gasteiger partial charge in [-0.2, -0.15) is 4.98 Å². The summed E-state index contributed by atoms with van der Waals surface area (Å²) in [4.78, 5) is 8.52. The Morgan fingerprint density at radius 1 is 1.47 bits per heavy atom. The molecule has 1 aromatic heterocycles. The summed E-state index contributed by atoms with van der Waals surface area (Å²) >= 11 is 0. The molecule has 1 atom stereocenters. The van der Waals surface area contributed by atoms with E-state index in [9.17, 15) is 0 Å². The maximum absolute atomic E-state index is 5.47. The number of hydrogen-bond donors (Lipinski definition) is 2. The van der Waals surface area contributed by atoms with Gasteiger partial charge in [0.1, 0.15) is 5.82 Å². The second-order valence-corrected chi connectivity index (χ2v) is 5.02. The highest BCUT2D eigenvalue weighted by atomic mass is 16.5. The van der Waals surface area contributed by atoms with Gasteiger partial charge in [-0.3, -0.25) is 4.98 Å². The van der Waals surface area contributed by atoms with Crippen molar-refractivity contribution in [2.45, 2.75) is 32.6 Å². The maximum Gasteiger partial charge on any atom is 0.234 e. The van der Waals surface area contributed by atoms with Gasteiger partial charge in [-0.15, -0.1) is 0 Å². The molecular weight excluding hydrogens is 240 g/mol. The molecule has 2 rings (SSSR count). The van der Waals surface area contributed by atoms with Gasteiger partial charge in [0.2, 0.25) is 5.88 Å². The minimum Gasteiger partial charge on any atom is -0.477 e. The van der Waals surface area contributed by atoms with Crippen LogP contribution in [0.4, 0.5) is 5.82 Å². The Morgan fingerprint density at radius 2 is 2.42 bits per heavy atom.